The topological polar surface area (TPSA) is 71.0 Å². The Labute approximate surface area is 123 Å². The molecule has 0 aliphatic carbocycles. The largest absolute Gasteiger partial charge is 0.345 e. The third-order valence-corrected chi connectivity index (χ3v) is 5.61. The van der Waals surface area contributed by atoms with Crippen molar-refractivity contribution in [2.24, 2.45) is 5.92 Å². The molecule has 19 heavy (non-hydrogen) atoms. The summed E-state index contributed by atoms with van der Waals surface area (Å²) in [6.07, 6.45) is -0.564. The Morgan fingerprint density at radius 3 is 2.47 bits per heavy atom. The van der Waals surface area contributed by atoms with Crippen LogP contribution in [-0.4, -0.2) is 47.1 Å². The molecule has 1 heterocycles. The van der Waals surface area contributed by atoms with E-state index in [0.717, 1.165) is 0 Å². The zero-order chi connectivity index (χ0) is 14.5. The molecule has 9 heteroatoms. The molecule has 114 valence electrons. The second-order valence-electron chi connectivity index (χ2n) is 4.70. The van der Waals surface area contributed by atoms with Crippen LogP contribution in [0.1, 0.15) is 20.3 Å². The second kappa shape index (κ2) is 8.15. The van der Waals surface area contributed by atoms with Crippen molar-refractivity contribution in [1.29, 1.82) is 0 Å². The van der Waals surface area contributed by atoms with E-state index in [1.807, 2.05) is 13.8 Å². The van der Waals surface area contributed by atoms with E-state index in [0.29, 0.717) is 31.3 Å². The maximum atomic E-state index is 12.9. The number of nitrogens with one attached hydrogen (secondary N) is 1. The van der Waals surface area contributed by atoms with Crippen LogP contribution in [0.5, 0.6) is 0 Å². The van der Waals surface area contributed by atoms with E-state index in [4.69, 9.17) is 33.0 Å². The summed E-state index contributed by atoms with van der Waals surface area (Å²) < 4.78 is 20.2. The van der Waals surface area contributed by atoms with Gasteiger partial charge in [0.1, 0.15) is 0 Å². The lowest BCUT2D eigenvalue weighted by atomic mass is 10.0. The highest BCUT2D eigenvalue weighted by Crippen LogP contribution is 2.52. The van der Waals surface area contributed by atoms with Crippen molar-refractivity contribution < 1.29 is 19.2 Å². The summed E-state index contributed by atoms with van der Waals surface area (Å²) in [5.41, 5.74) is 0. The summed E-state index contributed by atoms with van der Waals surface area (Å²) in [5, 5.41) is 11.6. The molecule has 3 atom stereocenters. The Balaban J connectivity index is 2.88. The molecule has 0 bridgehead atoms. The summed E-state index contributed by atoms with van der Waals surface area (Å²) in [7, 11) is -3.31. The molecule has 6 nitrogen and oxygen atoms in total. The molecular weight excluding hydrogens is 314 g/mol. The van der Waals surface area contributed by atoms with Crippen LogP contribution in [-0.2, 0) is 14.0 Å². The smallest absolute Gasteiger partial charge is 0.302 e. The van der Waals surface area contributed by atoms with E-state index in [2.05, 4.69) is 9.97 Å². The molecule has 1 aliphatic heterocycles. The normalized spacial score (nSPS) is 32.2. The van der Waals surface area contributed by atoms with Gasteiger partial charge in [0.25, 0.3) is 0 Å². The minimum absolute atomic E-state index is 0.155. The van der Waals surface area contributed by atoms with Gasteiger partial charge in [0.2, 0.25) is 0 Å². The van der Waals surface area contributed by atoms with Gasteiger partial charge in [-0.3, -0.25) is 9.82 Å². The third-order valence-electron chi connectivity index (χ3n) is 2.96. The van der Waals surface area contributed by atoms with E-state index in [1.54, 1.807) is 4.67 Å². The van der Waals surface area contributed by atoms with Crippen molar-refractivity contribution in [3.05, 3.63) is 0 Å². The number of rotatable bonds is 7. The lowest BCUT2D eigenvalue weighted by Gasteiger charge is -2.40. The molecule has 0 aromatic heterocycles. The number of nitrogens with zero attached hydrogens (tertiary/aromatic N) is 1. The van der Waals surface area contributed by atoms with Gasteiger partial charge in [0.05, 0.1) is 6.10 Å². The molecule has 0 spiro atoms. The summed E-state index contributed by atoms with van der Waals surface area (Å²) in [5.74, 6) is 0.771. The zero-order valence-electron chi connectivity index (χ0n) is 11.1. The van der Waals surface area contributed by atoms with Crippen molar-refractivity contribution in [1.82, 2.24) is 9.76 Å². The number of hydrogen-bond donors (Lipinski definition) is 2. The van der Waals surface area contributed by atoms with Gasteiger partial charge >= 0.3 is 7.67 Å². The molecule has 0 saturated carbocycles. The van der Waals surface area contributed by atoms with Crippen molar-refractivity contribution in [3.63, 3.8) is 0 Å². The Hall–Kier alpha value is 0.610. The molecule has 1 aliphatic rings. The van der Waals surface area contributed by atoms with Gasteiger partial charge < -0.3 is 4.52 Å². The molecule has 1 rings (SSSR count). The summed E-state index contributed by atoms with van der Waals surface area (Å²) >= 11 is 11.4. The van der Waals surface area contributed by atoms with Crippen molar-refractivity contribution in [2.75, 3.05) is 24.8 Å². The molecule has 0 amide bonds. The van der Waals surface area contributed by atoms with Crippen LogP contribution in [0.3, 0.4) is 0 Å². The van der Waals surface area contributed by atoms with Crippen LogP contribution in [0.2, 0.25) is 0 Å². The van der Waals surface area contributed by atoms with E-state index < -0.39 is 13.9 Å². The average molecular weight is 335 g/mol. The number of alkyl halides is 2. The standard InChI is InChI=1S/C10H21Cl2N2O4P/c1-8(2)9-7-10(17-15)13-19(16,18-9)14(5-3-11)6-4-12/h8-10,15H,3-7H2,1-2H3,(H,13,16)/t9-,10+,19+/m0/s1. The summed E-state index contributed by atoms with van der Waals surface area (Å²) in [6.45, 7) is 4.67. The summed E-state index contributed by atoms with van der Waals surface area (Å²) in [6, 6.07) is 0. The fourth-order valence-electron chi connectivity index (χ4n) is 1.88. The predicted octanol–water partition coefficient (Wildman–Crippen LogP) is 2.72. The van der Waals surface area contributed by atoms with Crippen LogP contribution in [0.15, 0.2) is 0 Å². The van der Waals surface area contributed by atoms with Crippen LogP contribution in [0.4, 0.5) is 0 Å². The molecule has 0 radical (unpaired) electrons. The van der Waals surface area contributed by atoms with Gasteiger partial charge in [0, 0.05) is 31.3 Å². The molecule has 1 fully saturated rings. The molecule has 0 aromatic carbocycles. The van der Waals surface area contributed by atoms with Crippen LogP contribution in [0.25, 0.3) is 0 Å². The monoisotopic (exact) mass is 334 g/mol. The first-order chi connectivity index (χ1) is 8.96. The lowest BCUT2D eigenvalue weighted by molar-refractivity contribution is -0.290. The third kappa shape index (κ3) is 4.83. The van der Waals surface area contributed by atoms with E-state index in [1.165, 1.54) is 0 Å². The van der Waals surface area contributed by atoms with Crippen molar-refractivity contribution in [3.8, 4) is 0 Å². The van der Waals surface area contributed by atoms with Crippen LogP contribution >= 0.6 is 30.9 Å². The Morgan fingerprint density at radius 2 is 2.05 bits per heavy atom. The Kier molecular flexibility index (Phi) is 7.58. The predicted molar refractivity (Wildman–Crippen MR) is 75.6 cm³/mol. The second-order valence-corrected chi connectivity index (χ2v) is 7.53. The number of halogens is 2. The number of hydrogen-bond acceptors (Lipinski definition) is 4. The summed E-state index contributed by atoms with van der Waals surface area (Å²) in [4.78, 5) is 4.32. The van der Waals surface area contributed by atoms with Crippen LogP contribution in [0, 0.1) is 5.92 Å². The van der Waals surface area contributed by atoms with Crippen LogP contribution < -0.4 is 5.09 Å². The maximum absolute atomic E-state index is 12.9. The highest BCUT2D eigenvalue weighted by atomic mass is 35.5. The quantitative estimate of drug-likeness (QED) is 0.323. The molecular formula is C10H21Cl2N2O4P. The first-order valence-corrected chi connectivity index (χ1v) is 8.85. The van der Waals surface area contributed by atoms with E-state index >= 15 is 0 Å². The van der Waals surface area contributed by atoms with Gasteiger partial charge in [-0.1, -0.05) is 13.8 Å². The Bertz CT molecular complexity index is 316. The highest BCUT2D eigenvalue weighted by molar-refractivity contribution is 7.54. The fourth-order valence-corrected chi connectivity index (χ4v) is 4.82. The first kappa shape index (κ1) is 17.7. The van der Waals surface area contributed by atoms with E-state index in [9.17, 15) is 4.57 Å². The van der Waals surface area contributed by atoms with Gasteiger partial charge in [-0.2, -0.15) is 0 Å². The molecule has 2 N–H and O–H groups in total. The molecule has 0 aromatic rings. The highest BCUT2D eigenvalue weighted by Gasteiger charge is 2.43. The lowest BCUT2D eigenvalue weighted by Crippen LogP contribution is -2.46. The SMILES string of the molecule is CC(C)[C@@H]1C[C@@H](OO)N[P@](=O)(N(CCCl)CCCl)O1. The van der Waals surface area contributed by atoms with Crippen molar-refractivity contribution >= 4 is 30.9 Å². The van der Waals surface area contributed by atoms with Gasteiger partial charge in [-0.25, -0.2) is 14.6 Å². The fraction of sp³-hybridized carbons (Fsp3) is 1.00. The minimum atomic E-state index is -3.31. The molecule has 1 saturated heterocycles. The Morgan fingerprint density at radius 1 is 1.47 bits per heavy atom. The zero-order valence-corrected chi connectivity index (χ0v) is 13.5. The minimum Gasteiger partial charge on any atom is -0.302 e. The van der Waals surface area contributed by atoms with Crippen molar-refractivity contribution in [2.45, 2.75) is 32.6 Å². The van der Waals surface area contributed by atoms with E-state index in [-0.39, 0.29) is 12.0 Å². The maximum Gasteiger partial charge on any atom is 0.345 e. The molecule has 0 unspecified atom stereocenters. The first-order valence-electron chi connectivity index (χ1n) is 6.20. The van der Waals surface area contributed by atoms with Gasteiger partial charge in [0.15, 0.2) is 6.23 Å². The van der Waals surface area contributed by atoms with Gasteiger partial charge in [-0.05, 0) is 5.92 Å². The van der Waals surface area contributed by atoms with Gasteiger partial charge in [-0.15, -0.1) is 23.2 Å². The average Bonchev–Trinajstić information content (AvgIpc) is 2.37.